The van der Waals surface area contributed by atoms with E-state index < -0.39 is 69.8 Å². The quantitative estimate of drug-likeness (QED) is 0.0382. The average Bonchev–Trinajstić information content (AvgIpc) is 3.03. The molecule has 0 fully saturated rings. The Morgan fingerprint density at radius 3 is 2.08 bits per heavy atom. The second-order valence-electron chi connectivity index (χ2n) is 10.1. The molecule has 5 aromatic carbocycles. The number of nitro benzene ring substituents is 2. The summed E-state index contributed by atoms with van der Waals surface area (Å²) in [7, 11) is -8.07. The lowest BCUT2D eigenvalue weighted by Gasteiger charge is -2.12. The lowest BCUT2D eigenvalue weighted by Crippen LogP contribution is -2.01. The summed E-state index contributed by atoms with van der Waals surface area (Å²) in [5, 5.41) is 52.4. The van der Waals surface area contributed by atoms with Gasteiger partial charge in [0.15, 0.2) is 5.75 Å². The van der Waals surface area contributed by atoms with Crippen molar-refractivity contribution >= 4 is 82.7 Å². The van der Waals surface area contributed by atoms with Gasteiger partial charge in [0.25, 0.3) is 15.8 Å². The molecule has 0 amide bonds. The number of azo groups is 2. The zero-order chi connectivity index (χ0) is 37.6. The van der Waals surface area contributed by atoms with E-state index in [0.717, 1.165) is 11.6 Å². The number of nitrogens with two attached hydrogens (primary N) is 1. The van der Waals surface area contributed by atoms with Crippen LogP contribution in [-0.4, -0.2) is 40.6 Å². The van der Waals surface area contributed by atoms with E-state index in [9.17, 15) is 42.7 Å². The fourth-order valence-corrected chi connectivity index (χ4v) is 5.07. The summed E-state index contributed by atoms with van der Waals surface area (Å²) in [4.78, 5) is 19.7. The Morgan fingerprint density at radius 1 is 0.843 bits per heavy atom. The fraction of sp³-hybridized carbons (Fsp3) is 0.0345. The number of halogens is 1. The van der Waals surface area contributed by atoms with Gasteiger partial charge in [0, 0.05) is 11.8 Å². The van der Waals surface area contributed by atoms with Crippen LogP contribution in [0.25, 0.3) is 10.8 Å². The van der Waals surface area contributed by atoms with Crippen LogP contribution in [0.15, 0.2) is 104 Å². The molecule has 22 heteroatoms. The van der Waals surface area contributed by atoms with E-state index >= 15 is 0 Å². The lowest BCUT2D eigenvalue weighted by molar-refractivity contribution is -0.395. The number of nitrogen functional groups attached to an aromatic ring is 1. The minimum absolute atomic E-state index is 0.00874. The van der Waals surface area contributed by atoms with Gasteiger partial charge in [-0.05, 0) is 54.8 Å². The molecule has 19 nitrogen and oxygen atoms in total. The number of phenolic OH excluding ortho intramolecular Hbond substituents is 1. The number of rotatable bonds is 9. The zero-order valence-corrected chi connectivity index (χ0v) is 27.2. The Balaban J connectivity index is 0.00000138. The van der Waals surface area contributed by atoms with Gasteiger partial charge >= 0.3 is 16.3 Å². The largest absolute Gasteiger partial charge is 0.505 e. The number of hydrogen-bond donors (Lipinski definition) is 4. The molecule has 0 aliphatic rings. The number of benzene rings is 5. The third kappa shape index (κ3) is 9.02. The van der Waals surface area contributed by atoms with Crippen LogP contribution in [-0.2, 0) is 20.7 Å². The summed E-state index contributed by atoms with van der Waals surface area (Å²) in [6, 6.07) is 17.6. The Kier molecular flexibility index (Phi) is 11.0. The van der Waals surface area contributed by atoms with E-state index in [1.54, 1.807) is 12.1 Å². The van der Waals surface area contributed by atoms with Gasteiger partial charge < -0.3 is 16.2 Å². The first kappa shape index (κ1) is 37.0. The molecule has 0 atom stereocenters. The smallest absolute Gasteiger partial charge is 0.425 e. The van der Waals surface area contributed by atoms with Crippen molar-refractivity contribution in [1.29, 1.82) is 0 Å². The first-order chi connectivity index (χ1) is 24.0. The van der Waals surface area contributed by atoms with E-state index in [1.165, 1.54) is 36.4 Å². The summed E-state index contributed by atoms with van der Waals surface area (Å²) in [6.45, 7) is 1.91. The van der Waals surface area contributed by atoms with Crippen LogP contribution in [0.3, 0.4) is 0 Å². The molecule has 0 aliphatic heterocycles. The maximum absolute atomic E-state index is 14.3. The normalized spacial score (nSPS) is 11.4. The van der Waals surface area contributed by atoms with E-state index in [1.807, 2.05) is 19.1 Å². The molecule has 0 unspecified atom stereocenters. The first-order valence-electron chi connectivity index (χ1n) is 13.7. The molecule has 0 saturated carbocycles. The molecule has 0 aromatic heterocycles. The number of anilines is 3. The molecule has 5 aromatic rings. The first-order valence-corrected chi connectivity index (χ1v) is 16.1. The van der Waals surface area contributed by atoms with Gasteiger partial charge in [-0.25, -0.2) is 0 Å². The lowest BCUT2D eigenvalue weighted by atomic mass is 10.1. The third-order valence-electron chi connectivity index (χ3n) is 6.67. The van der Waals surface area contributed by atoms with Gasteiger partial charge in [-0.2, -0.15) is 23.0 Å². The highest BCUT2D eigenvalue weighted by Gasteiger charge is 2.26. The van der Waals surface area contributed by atoms with E-state index in [-0.39, 0.29) is 33.5 Å². The molecule has 0 bridgehead atoms. The average molecular weight is 741 g/mol. The number of nitrogens with zero attached hydrogens (tertiary/aromatic N) is 6. The number of hydrogen-bond acceptors (Lipinski definition) is 16. The van der Waals surface area contributed by atoms with Gasteiger partial charge in [0.1, 0.15) is 22.0 Å². The minimum atomic E-state index is -4.96. The number of phenols is 1. The number of nitrogens with one attached hydrogen (secondary N) is 1. The van der Waals surface area contributed by atoms with Crippen LogP contribution in [0.1, 0.15) is 5.56 Å². The Hall–Kier alpha value is -6.78. The number of aryl methyl sites for hydroxylation is 1. The standard InChI is InChI=1S/C29H21FN8O8S.O3S/c1-15-5-8-17(9-6-15)33-35-21-10-7-16-11-25(47(44,45)46)28(29(39)26(16)27(21)31)36-34-19-4-2-3-18(12-19)32-22-13-20(30)23(37(40)41)14-24(22)38(42)43;1-4(2)3/h2-14,32,39H,31H2,1H3,(H,44,45,46);. The van der Waals surface area contributed by atoms with E-state index in [4.69, 9.17) is 18.4 Å². The second-order valence-corrected chi connectivity index (χ2v) is 11.9. The van der Waals surface area contributed by atoms with Crippen molar-refractivity contribution in [3.8, 4) is 5.75 Å². The molecular formula is C29H21FN8O11S2. The van der Waals surface area contributed by atoms with Gasteiger partial charge in [-0.3, -0.25) is 24.8 Å². The van der Waals surface area contributed by atoms with Crippen molar-refractivity contribution in [1.82, 2.24) is 0 Å². The van der Waals surface area contributed by atoms with E-state index in [0.29, 0.717) is 17.8 Å². The van der Waals surface area contributed by atoms with Crippen molar-refractivity contribution in [2.75, 3.05) is 11.1 Å². The minimum Gasteiger partial charge on any atom is -0.505 e. The molecule has 262 valence electrons. The number of fused-ring (bicyclic) bond motifs is 1. The van der Waals surface area contributed by atoms with Gasteiger partial charge in [0.05, 0.1) is 38.4 Å². The predicted octanol–water partition coefficient (Wildman–Crippen LogP) is 7.21. The molecule has 0 heterocycles. The second kappa shape index (κ2) is 15.2. The summed E-state index contributed by atoms with van der Waals surface area (Å²) < 4.78 is 74.1. The number of nitro groups is 2. The Morgan fingerprint density at radius 2 is 1.47 bits per heavy atom. The highest BCUT2D eigenvalue weighted by molar-refractivity contribution is 7.86. The van der Waals surface area contributed by atoms with Crippen molar-refractivity contribution < 1.29 is 44.9 Å². The fourth-order valence-electron chi connectivity index (χ4n) is 4.41. The summed E-state index contributed by atoms with van der Waals surface area (Å²) in [5.41, 5.74) is 5.08. The highest BCUT2D eigenvalue weighted by atomic mass is 32.2. The van der Waals surface area contributed by atoms with Gasteiger partial charge in [-0.1, -0.05) is 29.8 Å². The maximum Gasteiger partial charge on any atom is 0.425 e. The Labute approximate surface area is 286 Å². The highest BCUT2D eigenvalue weighted by Crippen LogP contribution is 2.46. The van der Waals surface area contributed by atoms with Crippen LogP contribution in [0.4, 0.5) is 55.6 Å². The van der Waals surface area contributed by atoms with Crippen LogP contribution in [0.2, 0.25) is 0 Å². The molecule has 51 heavy (non-hydrogen) atoms. The van der Waals surface area contributed by atoms with Crippen LogP contribution < -0.4 is 11.1 Å². The van der Waals surface area contributed by atoms with Crippen LogP contribution in [0, 0.1) is 33.0 Å². The maximum atomic E-state index is 14.3. The van der Waals surface area contributed by atoms with Crippen molar-refractivity contribution in [3.05, 3.63) is 110 Å². The predicted molar refractivity (Wildman–Crippen MR) is 179 cm³/mol. The van der Waals surface area contributed by atoms with Crippen LogP contribution in [0.5, 0.6) is 5.75 Å². The van der Waals surface area contributed by atoms with E-state index in [2.05, 4.69) is 25.8 Å². The van der Waals surface area contributed by atoms with Crippen molar-refractivity contribution in [3.63, 3.8) is 0 Å². The Bertz CT molecular complexity index is 2490. The molecule has 0 spiro atoms. The molecule has 5 rings (SSSR count). The topological polar surface area (TPSA) is 300 Å². The third-order valence-corrected chi connectivity index (χ3v) is 7.54. The van der Waals surface area contributed by atoms with Crippen LogP contribution >= 0.6 is 0 Å². The monoisotopic (exact) mass is 740 g/mol. The summed E-state index contributed by atoms with van der Waals surface area (Å²) >= 11 is 0. The zero-order valence-electron chi connectivity index (χ0n) is 25.5. The summed E-state index contributed by atoms with van der Waals surface area (Å²) in [6.07, 6.45) is 0. The molecule has 5 N–H and O–H groups in total. The SMILES string of the molecule is Cc1ccc(N=Nc2ccc3cc(S(=O)(=O)O)c(N=Nc4cccc(Nc5cc(F)c([N+](=O)[O-])cc5[N+](=O)[O-])c4)c(O)c3c2N)cc1.O=S(=O)=O. The van der Waals surface area contributed by atoms with Crippen molar-refractivity contribution in [2.45, 2.75) is 11.8 Å². The number of aromatic hydroxyl groups is 1. The van der Waals surface area contributed by atoms with Gasteiger partial charge in [-0.15, -0.1) is 22.9 Å². The summed E-state index contributed by atoms with van der Waals surface area (Å²) in [5.74, 6) is -2.06. The molecule has 0 saturated heterocycles. The van der Waals surface area contributed by atoms with Crippen molar-refractivity contribution in [2.24, 2.45) is 20.5 Å². The molecule has 0 radical (unpaired) electrons. The molecule has 0 aliphatic carbocycles. The molecular weight excluding hydrogens is 719 g/mol. The van der Waals surface area contributed by atoms with Gasteiger partial charge in [0.2, 0.25) is 5.82 Å².